The highest BCUT2D eigenvalue weighted by Gasteiger charge is 2.37. The summed E-state index contributed by atoms with van der Waals surface area (Å²) < 4.78 is 36.0. The van der Waals surface area contributed by atoms with Gasteiger partial charge in [0.05, 0.1) is 36.2 Å². The number of nitrogens with one attached hydrogen (secondary N) is 2. The molecule has 1 saturated heterocycles. The van der Waals surface area contributed by atoms with Crippen LogP contribution in [-0.2, 0) is 35.9 Å². The van der Waals surface area contributed by atoms with Crippen molar-refractivity contribution in [1.82, 2.24) is 10.9 Å². The fourth-order valence-corrected chi connectivity index (χ4v) is 6.37. The van der Waals surface area contributed by atoms with Crippen molar-refractivity contribution in [3.05, 3.63) is 35.4 Å². The lowest BCUT2D eigenvalue weighted by atomic mass is 9.75. The molecule has 0 unspecified atom stereocenters. The Kier molecular flexibility index (Phi) is 9.69. The standard InChI is InChI=1S/C25H42N2O6S/c1-23(2,18-34(30,31)14-13-28)11-8-12-25(5,22(29)27-26-6)20-10-7-9-19(15-20)16-21-17-32-24(3,4)33-21/h7,9-10,15,21,26,28H,8,11-14,16-18H2,1-6H3,(H,27,29)/t21-,25-/m1/s1. The van der Waals surface area contributed by atoms with Crippen LogP contribution in [0.3, 0.4) is 0 Å². The Morgan fingerprint density at radius 1 is 1.24 bits per heavy atom. The third-order valence-electron chi connectivity index (χ3n) is 6.38. The van der Waals surface area contributed by atoms with Gasteiger partial charge in [0.2, 0.25) is 5.91 Å². The molecule has 0 bridgehead atoms. The third-order valence-corrected chi connectivity index (χ3v) is 8.40. The van der Waals surface area contributed by atoms with Gasteiger partial charge in [0.25, 0.3) is 0 Å². The van der Waals surface area contributed by atoms with Gasteiger partial charge in [-0.1, -0.05) is 44.5 Å². The van der Waals surface area contributed by atoms with Crippen molar-refractivity contribution in [1.29, 1.82) is 0 Å². The molecule has 2 atom stereocenters. The highest BCUT2D eigenvalue weighted by atomic mass is 32.2. The number of hydrogen-bond acceptors (Lipinski definition) is 7. The lowest BCUT2D eigenvalue weighted by Crippen LogP contribution is -2.47. The van der Waals surface area contributed by atoms with Gasteiger partial charge < -0.3 is 14.6 Å². The van der Waals surface area contributed by atoms with Gasteiger partial charge >= 0.3 is 0 Å². The fourth-order valence-electron chi connectivity index (χ4n) is 4.61. The minimum absolute atomic E-state index is 0.00921. The monoisotopic (exact) mass is 498 g/mol. The summed E-state index contributed by atoms with van der Waals surface area (Å²) in [5.41, 5.74) is 6.19. The average Bonchev–Trinajstić information content (AvgIpc) is 3.05. The second-order valence-corrected chi connectivity index (χ2v) is 12.9. The molecule has 1 heterocycles. The lowest BCUT2D eigenvalue weighted by molar-refractivity contribution is -0.138. The van der Waals surface area contributed by atoms with Crippen LogP contribution < -0.4 is 10.9 Å². The van der Waals surface area contributed by atoms with Gasteiger partial charge in [-0.3, -0.25) is 10.2 Å². The lowest BCUT2D eigenvalue weighted by Gasteiger charge is -2.31. The maximum Gasteiger partial charge on any atom is 0.244 e. The molecule has 0 aromatic heterocycles. The van der Waals surface area contributed by atoms with E-state index < -0.39 is 26.5 Å². The molecule has 1 aromatic carbocycles. The quantitative estimate of drug-likeness (QED) is 0.358. The first kappa shape index (κ1) is 28.7. The minimum atomic E-state index is -3.32. The van der Waals surface area contributed by atoms with Gasteiger partial charge in [0.15, 0.2) is 15.6 Å². The van der Waals surface area contributed by atoms with E-state index in [2.05, 4.69) is 16.9 Å². The summed E-state index contributed by atoms with van der Waals surface area (Å²) in [4.78, 5) is 13.1. The van der Waals surface area contributed by atoms with Crippen LogP contribution in [0.1, 0.15) is 65.0 Å². The fraction of sp³-hybridized carbons (Fsp3) is 0.720. The zero-order chi connectivity index (χ0) is 25.6. The van der Waals surface area contributed by atoms with E-state index in [1.165, 1.54) is 0 Å². The Morgan fingerprint density at radius 2 is 1.94 bits per heavy atom. The van der Waals surface area contributed by atoms with E-state index in [9.17, 15) is 13.2 Å². The van der Waals surface area contributed by atoms with E-state index in [0.717, 1.165) is 11.1 Å². The number of amides is 1. The van der Waals surface area contributed by atoms with Crippen molar-refractivity contribution in [2.45, 2.75) is 77.6 Å². The Morgan fingerprint density at radius 3 is 2.53 bits per heavy atom. The topological polar surface area (TPSA) is 114 Å². The molecule has 0 spiro atoms. The summed E-state index contributed by atoms with van der Waals surface area (Å²) in [6, 6.07) is 8.01. The second-order valence-electron chi connectivity index (χ2n) is 10.7. The molecule has 194 valence electrons. The van der Waals surface area contributed by atoms with E-state index in [-0.39, 0.29) is 30.1 Å². The molecule has 3 N–H and O–H groups in total. The number of carbonyl (C=O) groups excluding carboxylic acids is 1. The minimum Gasteiger partial charge on any atom is -0.395 e. The van der Waals surface area contributed by atoms with Crippen LogP contribution in [0.4, 0.5) is 0 Å². The number of benzene rings is 1. The summed E-state index contributed by atoms with van der Waals surface area (Å²) in [5.74, 6) is -0.936. The highest BCUT2D eigenvalue weighted by molar-refractivity contribution is 7.91. The van der Waals surface area contributed by atoms with E-state index in [4.69, 9.17) is 14.6 Å². The number of ether oxygens (including phenoxy) is 2. The molecule has 1 aromatic rings. The first-order chi connectivity index (χ1) is 15.7. The predicted octanol–water partition coefficient (Wildman–Crippen LogP) is 2.49. The van der Waals surface area contributed by atoms with Gasteiger partial charge in [-0.05, 0) is 50.2 Å². The summed E-state index contributed by atoms with van der Waals surface area (Å²) in [6.07, 6.45) is 2.53. The van der Waals surface area contributed by atoms with Crippen LogP contribution in [0.15, 0.2) is 24.3 Å². The van der Waals surface area contributed by atoms with Crippen LogP contribution in [0.25, 0.3) is 0 Å². The maximum absolute atomic E-state index is 13.1. The molecule has 0 saturated carbocycles. The third kappa shape index (κ3) is 8.30. The highest BCUT2D eigenvalue weighted by Crippen LogP contribution is 2.35. The normalized spacial score (nSPS) is 20.1. The van der Waals surface area contributed by atoms with Crippen molar-refractivity contribution >= 4 is 15.7 Å². The van der Waals surface area contributed by atoms with Crippen molar-refractivity contribution in [3.63, 3.8) is 0 Å². The van der Waals surface area contributed by atoms with Crippen molar-refractivity contribution in [2.24, 2.45) is 5.41 Å². The van der Waals surface area contributed by atoms with Gasteiger partial charge in [0, 0.05) is 13.5 Å². The van der Waals surface area contributed by atoms with E-state index in [1.807, 2.05) is 52.8 Å². The Hall–Kier alpha value is -1.52. The number of hydrogen-bond donors (Lipinski definition) is 3. The van der Waals surface area contributed by atoms with E-state index in [1.54, 1.807) is 7.05 Å². The average molecular weight is 499 g/mol. The first-order valence-corrected chi connectivity index (χ1v) is 13.7. The molecule has 0 aliphatic carbocycles. The molecule has 34 heavy (non-hydrogen) atoms. The Balaban J connectivity index is 2.15. The molecule has 2 rings (SSSR count). The summed E-state index contributed by atoms with van der Waals surface area (Å²) in [5, 5.41) is 9.01. The summed E-state index contributed by atoms with van der Waals surface area (Å²) in [6.45, 7) is 9.72. The molecular weight excluding hydrogens is 456 g/mol. The van der Waals surface area contributed by atoms with E-state index in [0.29, 0.717) is 32.3 Å². The van der Waals surface area contributed by atoms with Gasteiger partial charge in [-0.15, -0.1) is 0 Å². The number of hydrazine groups is 1. The number of sulfone groups is 1. The van der Waals surface area contributed by atoms with E-state index >= 15 is 0 Å². The molecule has 9 heteroatoms. The van der Waals surface area contributed by atoms with Crippen molar-refractivity contribution in [2.75, 3.05) is 31.8 Å². The number of aliphatic hydroxyl groups excluding tert-OH is 1. The second kappa shape index (κ2) is 11.5. The first-order valence-electron chi connectivity index (χ1n) is 11.9. The molecular formula is C25H42N2O6S. The number of rotatable bonds is 13. The van der Waals surface area contributed by atoms with Crippen LogP contribution in [-0.4, -0.2) is 63.1 Å². The Bertz CT molecular complexity index is 931. The summed E-state index contributed by atoms with van der Waals surface area (Å²) in [7, 11) is -1.66. The zero-order valence-corrected chi connectivity index (χ0v) is 22.3. The van der Waals surface area contributed by atoms with Crippen LogP contribution >= 0.6 is 0 Å². The molecule has 0 radical (unpaired) electrons. The maximum atomic E-state index is 13.1. The molecule has 8 nitrogen and oxygen atoms in total. The number of aliphatic hydroxyl groups is 1. The van der Waals surface area contributed by atoms with Crippen LogP contribution in [0.5, 0.6) is 0 Å². The summed E-state index contributed by atoms with van der Waals surface area (Å²) >= 11 is 0. The van der Waals surface area contributed by atoms with Crippen LogP contribution in [0.2, 0.25) is 0 Å². The van der Waals surface area contributed by atoms with Gasteiger partial charge in [-0.2, -0.15) is 0 Å². The molecule has 1 amide bonds. The molecule has 1 fully saturated rings. The predicted molar refractivity (Wildman–Crippen MR) is 133 cm³/mol. The SMILES string of the molecule is CNNC(=O)[C@](C)(CCCC(C)(C)CS(=O)(=O)CCO)c1cccc(C[C@@H]2COC(C)(C)O2)c1. The van der Waals surface area contributed by atoms with Crippen LogP contribution in [0, 0.1) is 5.41 Å². The smallest absolute Gasteiger partial charge is 0.244 e. The molecule has 1 aliphatic heterocycles. The van der Waals surface area contributed by atoms with Crippen molar-refractivity contribution < 1.29 is 27.8 Å². The van der Waals surface area contributed by atoms with Crippen molar-refractivity contribution in [3.8, 4) is 0 Å². The molecule has 1 aliphatic rings. The Labute approximate surface area is 204 Å². The largest absolute Gasteiger partial charge is 0.395 e. The zero-order valence-electron chi connectivity index (χ0n) is 21.4. The van der Waals surface area contributed by atoms with Gasteiger partial charge in [0.1, 0.15) is 0 Å². The number of carbonyl (C=O) groups is 1. The van der Waals surface area contributed by atoms with Gasteiger partial charge in [-0.25, -0.2) is 13.8 Å².